The van der Waals surface area contributed by atoms with Gasteiger partial charge < -0.3 is 16.1 Å². The Hall–Kier alpha value is -2.23. The molecule has 4 N–H and O–H groups in total. The Kier molecular flexibility index (Phi) is 2.17. The molecule has 0 amide bonds. The summed E-state index contributed by atoms with van der Waals surface area (Å²) >= 11 is 0. The molecule has 4 heteroatoms. The topological polar surface area (TPSA) is 78.8 Å². The maximum Gasteiger partial charge on any atom is 0.125 e. The van der Waals surface area contributed by atoms with Crippen molar-refractivity contribution in [2.75, 3.05) is 0 Å². The van der Waals surface area contributed by atoms with Gasteiger partial charge in [-0.25, -0.2) is 0 Å². The van der Waals surface area contributed by atoms with Crippen LogP contribution in [0.15, 0.2) is 35.4 Å². The third-order valence-electron chi connectivity index (χ3n) is 2.23. The molecule has 0 saturated carbocycles. The molecule has 0 bridgehead atoms. The van der Waals surface area contributed by atoms with Crippen molar-refractivity contribution in [3.63, 3.8) is 0 Å². The van der Waals surface area contributed by atoms with Crippen LogP contribution in [0.1, 0.15) is 5.56 Å². The number of rotatable bonds is 1. The summed E-state index contributed by atoms with van der Waals surface area (Å²) in [7, 11) is 0. The van der Waals surface area contributed by atoms with Crippen molar-refractivity contribution in [1.29, 1.82) is 0 Å². The number of nitrogens with two attached hydrogens (primary N) is 1. The van der Waals surface area contributed by atoms with E-state index in [0.29, 0.717) is 5.56 Å². The predicted octanol–water partition coefficient (Wildman–Crippen LogP) is 1.54. The first-order valence-electron chi connectivity index (χ1n) is 4.40. The summed E-state index contributed by atoms with van der Waals surface area (Å²) in [4.78, 5) is 0. The molecule has 0 aliphatic carbocycles. The van der Waals surface area contributed by atoms with E-state index < -0.39 is 0 Å². The van der Waals surface area contributed by atoms with Crippen LogP contribution < -0.4 is 5.84 Å². The maximum absolute atomic E-state index is 9.60. The second kappa shape index (κ2) is 3.49. The molecule has 0 fully saturated rings. The third-order valence-corrected chi connectivity index (χ3v) is 2.23. The lowest BCUT2D eigenvalue weighted by Gasteiger charge is -2.04. The van der Waals surface area contributed by atoms with Gasteiger partial charge in [-0.2, -0.15) is 5.10 Å². The monoisotopic (exact) mass is 202 g/mol. The number of hydrogen-bond acceptors (Lipinski definition) is 4. The molecule has 0 aliphatic heterocycles. The number of aromatic hydroxyl groups is 2. The van der Waals surface area contributed by atoms with Crippen molar-refractivity contribution in [3.8, 4) is 11.5 Å². The number of hydrazone groups is 1. The second-order valence-electron chi connectivity index (χ2n) is 3.18. The first kappa shape index (κ1) is 9.33. The smallest absolute Gasteiger partial charge is 0.125 e. The number of hydrogen-bond donors (Lipinski definition) is 3. The van der Waals surface area contributed by atoms with Crippen LogP contribution in [0.3, 0.4) is 0 Å². The molecule has 0 unspecified atom stereocenters. The van der Waals surface area contributed by atoms with Gasteiger partial charge in [0.1, 0.15) is 11.5 Å². The van der Waals surface area contributed by atoms with E-state index in [1.807, 2.05) is 0 Å². The standard InChI is InChI=1S/C11H10N2O2/c12-13-6-10-9-3-2-8(14)5-7(9)1-4-11(10)15/h1-6,14-15H,12H2. The zero-order valence-corrected chi connectivity index (χ0v) is 7.88. The van der Waals surface area contributed by atoms with Crippen molar-refractivity contribution < 1.29 is 10.2 Å². The highest BCUT2D eigenvalue weighted by atomic mass is 16.3. The van der Waals surface area contributed by atoms with Gasteiger partial charge in [-0.3, -0.25) is 0 Å². The molecule has 0 heterocycles. The summed E-state index contributed by atoms with van der Waals surface area (Å²) in [6, 6.07) is 8.14. The largest absolute Gasteiger partial charge is 0.508 e. The van der Waals surface area contributed by atoms with E-state index in [0.717, 1.165) is 10.8 Å². The van der Waals surface area contributed by atoms with Gasteiger partial charge in [0, 0.05) is 5.56 Å². The van der Waals surface area contributed by atoms with Gasteiger partial charge >= 0.3 is 0 Å². The van der Waals surface area contributed by atoms with E-state index in [2.05, 4.69) is 5.10 Å². The highest BCUT2D eigenvalue weighted by molar-refractivity contribution is 6.02. The fourth-order valence-corrected chi connectivity index (χ4v) is 1.54. The van der Waals surface area contributed by atoms with Crippen LogP contribution in [-0.4, -0.2) is 16.4 Å². The quantitative estimate of drug-likeness (QED) is 0.373. The normalized spacial score (nSPS) is 11.2. The van der Waals surface area contributed by atoms with Gasteiger partial charge in [0.25, 0.3) is 0 Å². The van der Waals surface area contributed by atoms with Gasteiger partial charge in [0.2, 0.25) is 0 Å². The average Bonchev–Trinajstić information content (AvgIpc) is 2.22. The molecule has 4 nitrogen and oxygen atoms in total. The molecule has 0 atom stereocenters. The third kappa shape index (κ3) is 1.57. The lowest BCUT2D eigenvalue weighted by Crippen LogP contribution is -1.89. The maximum atomic E-state index is 9.60. The Balaban J connectivity index is 2.81. The van der Waals surface area contributed by atoms with Gasteiger partial charge in [-0.1, -0.05) is 6.07 Å². The summed E-state index contributed by atoms with van der Waals surface area (Å²) in [5.41, 5.74) is 0.551. The number of nitrogens with zero attached hydrogens (tertiary/aromatic N) is 1. The van der Waals surface area contributed by atoms with Gasteiger partial charge in [0.15, 0.2) is 0 Å². The van der Waals surface area contributed by atoms with Crippen LogP contribution in [-0.2, 0) is 0 Å². The van der Waals surface area contributed by atoms with Crippen LogP contribution in [0.25, 0.3) is 10.8 Å². The first-order chi connectivity index (χ1) is 7.22. The zero-order valence-electron chi connectivity index (χ0n) is 7.88. The van der Waals surface area contributed by atoms with Crippen LogP contribution in [0.2, 0.25) is 0 Å². The van der Waals surface area contributed by atoms with Gasteiger partial charge in [-0.05, 0) is 35.0 Å². The lowest BCUT2D eigenvalue weighted by atomic mass is 10.0. The number of phenolic OH excluding ortho intramolecular Hbond substituents is 2. The molecule has 15 heavy (non-hydrogen) atoms. The van der Waals surface area contributed by atoms with Crippen molar-refractivity contribution in [2.24, 2.45) is 10.9 Å². The lowest BCUT2D eigenvalue weighted by molar-refractivity contribution is 0.473. The molecule has 0 saturated heterocycles. The molecule has 0 spiro atoms. The Bertz CT molecular complexity index is 535. The van der Waals surface area contributed by atoms with E-state index >= 15 is 0 Å². The van der Waals surface area contributed by atoms with E-state index in [4.69, 9.17) is 5.84 Å². The van der Waals surface area contributed by atoms with Crippen molar-refractivity contribution in [1.82, 2.24) is 0 Å². The van der Waals surface area contributed by atoms with Gasteiger partial charge in [-0.15, -0.1) is 0 Å². The first-order valence-corrected chi connectivity index (χ1v) is 4.40. The van der Waals surface area contributed by atoms with Crippen LogP contribution >= 0.6 is 0 Å². The molecule has 76 valence electrons. The van der Waals surface area contributed by atoms with E-state index in [-0.39, 0.29) is 11.5 Å². The Morgan fingerprint density at radius 2 is 1.93 bits per heavy atom. The minimum Gasteiger partial charge on any atom is -0.508 e. The van der Waals surface area contributed by atoms with Crippen molar-refractivity contribution >= 4 is 17.0 Å². The minimum atomic E-state index is 0.113. The number of fused-ring (bicyclic) bond motifs is 1. The number of phenols is 2. The highest BCUT2D eigenvalue weighted by Crippen LogP contribution is 2.28. The molecule has 2 aromatic rings. The van der Waals surface area contributed by atoms with Crippen LogP contribution in [0.5, 0.6) is 11.5 Å². The summed E-state index contributed by atoms with van der Waals surface area (Å²) in [5, 5.41) is 23.9. The molecule has 0 radical (unpaired) electrons. The van der Waals surface area contributed by atoms with E-state index in [9.17, 15) is 10.2 Å². The predicted molar refractivity (Wildman–Crippen MR) is 59.1 cm³/mol. The fraction of sp³-hybridized carbons (Fsp3) is 0. The second-order valence-corrected chi connectivity index (χ2v) is 3.18. The highest BCUT2D eigenvalue weighted by Gasteiger charge is 2.05. The summed E-state index contributed by atoms with van der Waals surface area (Å²) in [6.07, 6.45) is 1.38. The molecule has 2 aromatic carbocycles. The van der Waals surface area contributed by atoms with E-state index in [1.54, 1.807) is 30.3 Å². The molecular weight excluding hydrogens is 192 g/mol. The molecule has 2 rings (SSSR count). The Morgan fingerprint density at radius 1 is 1.13 bits per heavy atom. The molecule has 0 aromatic heterocycles. The van der Waals surface area contributed by atoms with Crippen LogP contribution in [0, 0.1) is 0 Å². The Labute approximate surface area is 86.3 Å². The Morgan fingerprint density at radius 3 is 2.67 bits per heavy atom. The van der Waals surface area contributed by atoms with Crippen molar-refractivity contribution in [3.05, 3.63) is 35.9 Å². The van der Waals surface area contributed by atoms with Crippen molar-refractivity contribution in [2.45, 2.75) is 0 Å². The van der Waals surface area contributed by atoms with E-state index in [1.165, 1.54) is 6.21 Å². The number of benzene rings is 2. The summed E-state index contributed by atoms with van der Waals surface area (Å²) < 4.78 is 0. The van der Waals surface area contributed by atoms with Gasteiger partial charge in [0.05, 0.1) is 6.21 Å². The molecular formula is C11H10N2O2. The minimum absolute atomic E-state index is 0.113. The van der Waals surface area contributed by atoms with Crippen LogP contribution in [0.4, 0.5) is 0 Å². The summed E-state index contributed by atoms with van der Waals surface area (Å²) in [6.45, 7) is 0. The fourth-order valence-electron chi connectivity index (χ4n) is 1.54. The zero-order chi connectivity index (χ0) is 10.8. The average molecular weight is 202 g/mol. The summed E-state index contributed by atoms with van der Waals surface area (Å²) in [5.74, 6) is 5.36. The molecule has 0 aliphatic rings. The SMILES string of the molecule is NN=Cc1c(O)ccc2cc(O)ccc12.